The summed E-state index contributed by atoms with van der Waals surface area (Å²) >= 11 is 0. The summed E-state index contributed by atoms with van der Waals surface area (Å²) in [6.07, 6.45) is 4.62. The standard InChI is InChI=1S/C16H22N2O.ClH/c19-16(14-10-17-11-14)18-15-8-6-13(7-9-15)12-4-2-1-3-5-12;/h1-5,13-15,17H,6-11H2,(H,18,19);1H. The Morgan fingerprint density at radius 3 is 2.25 bits per heavy atom. The first-order valence-electron chi connectivity index (χ1n) is 7.39. The maximum Gasteiger partial charge on any atom is 0.225 e. The van der Waals surface area contributed by atoms with E-state index in [1.54, 1.807) is 0 Å². The predicted molar refractivity (Wildman–Crippen MR) is 83.2 cm³/mol. The maximum absolute atomic E-state index is 11.9. The van der Waals surface area contributed by atoms with Crippen molar-refractivity contribution in [3.05, 3.63) is 35.9 Å². The molecule has 1 aromatic rings. The van der Waals surface area contributed by atoms with Crippen molar-refractivity contribution in [3.63, 3.8) is 0 Å². The first-order chi connectivity index (χ1) is 9.33. The number of carbonyl (C=O) groups is 1. The number of rotatable bonds is 3. The highest BCUT2D eigenvalue weighted by Gasteiger charge is 2.28. The Hall–Kier alpha value is -1.06. The average Bonchev–Trinajstić information content (AvgIpc) is 2.38. The maximum atomic E-state index is 11.9. The smallest absolute Gasteiger partial charge is 0.225 e. The molecule has 0 aromatic heterocycles. The van der Waals surface area contributed by atoms with Crippen LogP contribution in [0, 0.1) is 5.92 Å². The molecule has 2 aliphatic rings. The molecule has 1 saturated carbocycles. The number of benzene rings is 1. The topological polar surface area (TPSA) is 41.1 Å². The predicted octanol–water partition coefficient (Wildman–Crippen LogP) is 2.47. The number of carbonyl (C=O) groups excluding carboxylic acids is 1. The van der Waals surface area contributed by atoms with Gasteiger partial charge in [-0.3, -0.25) is 4.79 Å². The summed E-state index contributed by atoms with van der Waals surface area (Å²) < 4.78 is 0. The molecular formula is C16H23ClN2O. The van der Waals surface area contributed by atoms with Crippen molar-refractivity contribution in [2.45, 2.75) is 37.6 Å². The van der Waals surface area contributed by atoms with Gasteiger partial charge < -0.3 is 10.6 Å². The van der Waals surface area contributed by atoms with E-state index in [0.29, 0.717) is 12.0 Å². The second-order valence-electron chi connectivity index (χ2n) is 5.82. The molecule has 0 bridgehead atoms. The van der Waals surface area contributed by atoms with Crippen molar-refractivity contribution in [1.29, 1.82) is 0 Å². The van der Waals surface area contributed by atoms with Gasteiger partial charge in [0.25, 0.3) is 0 Å². The van der Waals surface area contributed by atoms with Crippen LogP contribution in [0.1, 0.15) is 37.2 Å². The molecule has 1 saturated heterocycles. The van der Waals surface area contributed by atoms with E-state index in [4.69, 9.17) is 0 Å². The van der Waals surface area contributed by atoms with Crippen LogP contribution in [-0.2, 0) is 4.79 Å². The van der Waals surface area contributed by atoms with Gasteiger partial charge in [-0.1, -0.05) is 30.3 Å². The zero-order chi connectivity index (χ0) is 13.1. The summed E-state index contributed by atoms with van der Waals surface area (Å²) in [5, 5.41) is 6.36. The van der Waals surface area contributed by atoms with Crippen molar-refractivity contribution in [1.82, 2.24) is 10.6 Å². The van der Waals surface area contributed by atoms with Crippen molar-refractivity contribution in [3.8, 4) is 0 Å². The van der Waals surface area contributed by atoms with Crippen molar-refractivity contribution in [2.24, 2.45) is 5.92 Å². The fourth-order valence-corrected chi connectivity index (χ4v) is 3.09. The summed E-state index contributed by atoms with van der Waals surface area (Å²) in [5.74, 6) is 1.15. The Balaban J connectivity index is 0.00000147. The molecule has 0 unspecified atom stereocenters. The molecule has 110 valence electrons. The highest BCUT2D eigenvalue weighted by atomic mass is 35.5. The van der Waals surface area contributed by atoms with Crippen LogP contribution in [-0.4, -0.2) is 25.0 Å². The van der Waals surface area contributed by atoms with Crippen LogP contribution in [0.5, 0.6) is 0 Å². The van der Waals surface area contributed by atoms with Crippen LogP contribution in [0.25, 0.3) is 0 Å². The van der Waals surface area contributed by atoms with Crippen LogP contribution in [0.15, 0.2) is 30.3 Å². The normalized spacial score (nSPS) is 26.2. The lowest BCUT2D eigenvalue weighted by Gasteiger charge is -2.32. The van der Waals surface area contributed by atoms with Gasteiger partial charge in [0, 0.05) is 19.1 Å². The third kappa shape index (κ3) is 3.53. The van der Waals surface area contributed by atoms with Crippen LogP contribution in [0.3, 0.4) is 0 Å². The van der Waals surface area contributed by atoms with Crippen LogP contribution < -0.4 is 10.6 Å². The summed E-state index contributed by atoms with van der Waals surface area (Å²) in [4.78, 5) is 11.9. The van der Waals surface area contributed by atoms with E-state index < -0.39 is 0 Å². The average molecular weight is 295 g/mol. The zero-order valence-corrected chi connectivity index (χ0v) is 12.5. The molecule has 0 atom stereocenters. The summed E-state index contributed by atoms with van der Waals surface area (Å²) in [5.41, 5.74) is 1.45. The monoisotopic (exact) mass is 294 g/mol. The van der Waals surface area contributed by atoms with E-state index in [1.165, 1.54) is 18.4 Å². The summed E-state index contributed by atoms with van der Waals surface area (Å²) in [7, 11) is 0. The lowest BCUT2D eigenvalue weighted by atomic mass is 9.81. The van der Waals surface area contributed by atoms with E-state index in [-0.39, 0.29) is 24.2 Å². The molecule has 2 N–H and O–H groups in total. The number of halogens is 1. The SMILES string of the molecule is Cl.O=C(NC1CCC(c2ccccc2)CC1)C1CNC1. The lowest BCUT2D eigenvalue weighted by Crippen LogP contribution is -2.53. The molecule has 1 heterocycles. The van der Waals surface area contributed by atoms with E-state index in [0.717, 1.165) is 25.9 Å². The molecule has 2 fully saturated rings. The van der Waals surface area contributed by atoms with Gasteiger partial charge in [0.15, 0.2) is 0 Å². The number of hydrogen-bond donors (Lipinski definition) is 2. The van der Waals surface area contributed by atoms with Gasteiger partial charge in [-0.05, 0) is 37.2 Å². The van der Waals surface area contributed by atoms with E-state index in [2.05, 4.69) is 41.0 Å². The molecule has 20 heavy (non-hydrogen) atoms. The Labute approximate surface area is 126 Å². The summed E-state index contributed by atoms with van der Waals surface area (Å²) in [6.45, 7) is 1.70. The molecule has 0 spiro atoms. The fraction of sp³-hybridized carbons (Fsp3) is 0.562. The molecule has 1 amide bonds. The van der Waals surface area contributed by atoms with Gasteiger partial charge in [-0.15, -0.1) is 12.4 Å². The van der Waals surface area contributed by atoms with Gasteiger partial charge >= 0.3 is 0 Å². The molecule has 1 aliphatic carbocycles. The Bertz CT molecular complexity index is 425. The first kappa shape index (κ1) is 15.3. The highest BCUT2D eigenvalue weighted by molar-refractivity contribution is 5.85. The Kier molecular flexibility index (Phi) is 5.44. The van der Waals surface area contributed by atoms with Gasteiger partial charge in [-0.25, -0.2) is 0 Å². The lowest BCUT2D eigenvalue weighted by molar-refractivity contribution is -0.127. The minimum atomic E-state index is 0. The van der Waals surface area contributed by atoms with E-state index in [1.807, 2.05) is 0 Å². The molecule has 4 heteroatoms. The van der Waals surface area contributed by atoms with Gasteiger partial charge in [0.1, 0.15) is 0 Å². The van der Waals surface area contributed by atoms with Crippen molar-refractivity contribution < 1.29 is 4.79 Å². The minimum Gasteiger partial charge on any atom is -0.353 e. The number of hydrogen-bond acceptors (Lipinski definition) is 2. The third-order valence-corrected chi connectivity index (χ3v) is 4.50. The number of amides is 1. The van der Waals surface area contributed by atoms with Crippen molar-refractivity contribution in [2.75, 3.05) is 13.1 Å². The van der Waals surface area contributed by atoms with Gasteiger partial charge in [0.05, 0.1) is 5.92 Å². The molecule has 3 rings (SSSR count). The molecule has 0 radical (unpaired) electrons. The number of nitrogens with one attached hydrogen (secondary N) is 2. The second-order valence-corrected chi connectivity index (χ2v) is 5.82. The Morgan fingerprint density at radius 1 is 1.05 bits per heavy atom. The van der Waals surface area contributed by atoms with Crippen molar-refractivity contribution >= 4 is 18.3 Å². The first-order valence-corrected chi connectivity index (χ1v) is 7.39. The largest absolute Gasteiger partial charge is 0.353 e. The van der Waals surface area contributed by atoms with Crippen LogP contribution >= 0.6 is 12.4 Å². The minimum absolute atomic E-state index is 0. The quantitative estimate of drug-likeness (QED) is 0.899. The molecule has 1 aromatic carbocycles. The van der Waals surface area contributed by atoms with Crippen LogP contribution in [0.4, 0.5) is 0 Å². The van der Waals surface area contributed by atoms with Crippen LogP contribution in [0.2, 0.25) is 0 Å². The van der Waals surface area contributed by atoms with Gasteiger partial charge in [-0.2, -0.15) is 0 Å². The fourth-order valence-electron chi connectivity index (χ4n) is 3.09. The van der Waals surface area contributed by atoms with E-state index in [9.17, 15) is 4.79 Å². The highest BCUT2D eigenvalue weighted by Crippen LogP contribution is 2.32. The van der Waals surface area contributed by atoms with E-state index >= 15 is 0 Å². The molecule has 1 aliphatic heterocycles. The zero-order valence-electron chi connectivity index (χ0n) is 11.7. The molecule has 3 nitrogen and oxygen atoms in total. The van der Waals surface area contributed by atoms with Gasteiger partial charge in [0.2, 0.25) is 5.91 Å². The second kappa shape index (κ2) is 7.09. The Morgan fingerprint density at radius 2 is 1.70 bits per heavy atom. The third-order valence-electron chi connectivity index (χ3n) is 4.50. The molecular weight excluding hydrogens is 272 g/mol. The summed E-state index contributed by atoms with van der Waals surface area (Å²) in [6, 6.07) is 11.2.